The third kappa shape index (κ3) is 1.94. The molecule has 96 valence electrons. The Hall–Kier alpha value is -1.98. The fourth-order valence-electron chi connectivity index (χ4n) is 1.65. The highest BCUT2D eigenvalue weighted by Crippen LogP contribution is 2.60. The van der Waals surface area contributed by atoms with Crippen LogP contribution in [-0.2, 0) is 4.79 Å². The van der Waals surface area contributed by atoms with Gasteiger partial charge in [0.1, 0.15) is 5.41 Å². The maximum atomic E-state index is 13.0. The van der Waals surface area contributed by atoms with Gasteiger partial charge in [0.15, 0.2) is 0 Å². The molecule has 0 bridgehead atoms. The predicted molar refractivity (Wildman–Crippen MR) is 59.7 cm³/mol. The van der Waals surface area contributed by atoms with Gasteiger partial charge in [0.05, 0.1) is 5.56 Å². The number of anilines is 1. The summed E-state index contributed by atoms with van der Waals surface area (Å²) in [4.78, 5) is 22.4. The number of alkyl halides is 2. The fourth-order valence-corrected chi connectivity index (χ4v) is 1.65. The second-order valence-corrected chi connectivity index (χ2v) is 4.55. The van der Waals surface area contributed by atoms with Crippen molar-refractivity contribution in [2.75, 3.05) is 5.32 Å². The molecule has 2 rings (SSSR count). The Morgan fingerprint density at radius 3 is 2.50 bits per heavy atom. The quantitative estimate of drug-likeness (QED) is 0.871. The largest absolute Gasteiger partial charge is 0.478 e. The van der Waals surface area contributed by atoms with E-state index < -0.39 is 29.6 Å². The summed E-state index contributed by atoms with van der Waals surface area (Å²) in [5.41, 5.74) is -1.50. The van der Waals surface area contributed by atoms with Gasteiger partial charge in [0.2, 0.25) is 5.91 Å². The molecule has 1 atom stereocenters. The zero-order chi connectivity index (χ0) is 13.6. The molecule has 0 heterocycles. The lowest BCUT2D eigenvalue weighted by Crippen LogP contribution is -2.26. The standard InChI is InChI=1S/C12H11F2NO3/c1-11(6-12(11,13)14)10(18)15-8-4-2-3-7(5-8)9(16)17/h2-5H,6H2,1H3,(H,15,18)(H,16,17). The molecule has 1 amide bonds. The zero-order valence-corrected chi connectivity index (χ0v) is 9.54. The molecule has 0 spiro atoms. The summed E-state index contributed by atoms with van der Waals surface area (Å²) in [6.07, 6.45) is -0.482. The van der Waals surface area contributed by atoms with E-state index >= 15 is 0 Å². The Balaban J connectivity index is 2.13. The van der Waals surface area contributed by atoms with E-state index in [-0.39, 0.29) is 11.3 Å². The number of carbonyl (C=O) groups is 2. The molecule has 0 aromatic heterocycles. The maximum absolute atomic E-state index is 13.0. The van der Waals surface area contributed by atoms with Crippen molar-refractivity contribution in [2.24, 2.45) is 5.41 Å². The second-order valence-electron chi connectivity index (χ2n) is 4.55. The fraction of sp³-hybridized carbons (Fsp3) is 0.333. The molecule has 6 heteroatoms. The molecule has 18 heavy (non-hydrogen) atoms. The molecule has 1 fully saturated rings. The van der Waals surface area contributed by atoms with Crippen LogP contribution in [0.1, 0.15) is 23.7 Å². The van der Waals surface area contributed by atoms with Gasteiger partial charge in [-0.15, -0.1) is 0 Å². The van der Waals surface area contributed by atoms with Crippen LogP contribution < -0.4 is 5.32 Å². The highest BCUT2D eigenvalue weighted by Gasteiger charge is 2.72. The number of rotatable bonds is 3. The van der Waals surface area contributed by atoms with Crippen molar-refractivity contribution in [3.8, 4) is 0 Å². The Bertz CT molecular complexity index is 530. The molecule has 4 nitrogen and oxygen atoms in total. The normalized spacial score (nSPS) is 24.4. The number of carboxylic acid groups (broad SMARTS) is 1. The number of benzene rings is 1. The van der Waals surface area contributed by atoms with Crippen LogP contribution in [0.2, 0.25) is 0 Å². The molecule has 0 aliphatic heterocycles. The van der Waals surface area contributed by atoms with Crippen molar-refractivity contribution >= 4 is 17.6 Å². The van der Waals surface area contributed by atoms with Crippen molar-refractivity contribution in [3.63, 3.8) is 0 Å². The first kappa shape index (κ1) is 12.5. The number of carbonyl (C=O) groups excluding carboxylic acids is 1. The van der Waals surface area contributed by atoms with Gasteiger partial charge in [0, 0.05) is 12.1 Å². The Labute approximate surface area is 102 Å². The third-order valence-corrected chi connectivity index (χ3v) is 3.13. The lowest BCUT2D eigenvalue weighted by atomic mass is 10.1. The molecule has 2 N–H and O–H groups in total. The maximum Gasteiger partial charge on any atom is 0.335 e. The number of halogens is 2. The lowest BCUT2D eigenvalue weighted by Gasteiger charge is -2.11. The van der Waals surface area contributed by atoms with E-state index in [0.29, 0.717) is 0 Å². The van der Waals surface area contributed by atoms with Gasteiger partial charge in [0.25, 0.3) is 5.92 Å². The molecule has 1 saturated carbocycles. The van der Waals surface area contributed by atoms with Gasteiger partial charge < -0.3 is 10.4 Å². The third-order valence-electron chi connectivity index (χ3n) is 3.13. The first-order chi connectivity index (χ1) is 8.26. The highest BCUT2D eigenvalue weighted by molar-refractivity contribution is 5.99. The Morgan fingerprint density at radius 1 is 1.39 bits per heavy atom. The molecule has 1 unspecified atom stereocenters. The van der Waals surface area contributed by atoms with Crippen LogP contribution in [0, 0.1) is 5.41 Å². The molecule has 1 aromatic rings. The monoisotopic (exact) mass is 255 g/mol. The molecule has 0 radical (unpaired) electrons. The van der Waals surface area contributed by atoms with Gasteiger partial charge in [-0.25, -0.2) is 13.6 Å². The number of aromatic carboxylic acids is 1. The molecule has 1 aromatic carbocycles. The summed E-state index contributed by atoms with van der Waals surface area (Å²) < 4.78 is 26.0. The number of amides is 1. The summed E-state index contributed by atoms with van der Waals surface area (Å²) in [5, 5.41) is 11.1. The van der Waals surface area contributed by atoms with Crippen LogP contribution in [-0.4, -0.2) is 22.9 Å². The van der Waals surface area contributed by atoms with Crippen LogP contribution in [0.15, 0.2) is 24.3 Å². The summed E-state index contributed by atoms with van der Waals surface area (Å²) in [5.74, 6) is -4.93. The predicted octanol–water partition coefficient (Wildman–Crippen LogP) is 2.37. The van der Waals surface area contributed by atoms with Crippen molar-refractivity contribution in [1.82, 2.24) is 0 Å². The van der Waals surface area contributed by atoms with E-state index in [2.05, 4.69) is 5.32 Å². The van der Waals surface area contributed by atoms with Crippen LogP contribution in [0.3, 0.4) is 0 Å². The SMILES string of the molecule is CC1(C(=O)Nc2cccc(C(=O)O)c2)CC1(F)F. The zero-order valence-electron chi connectivity index (χ0n) is 9.54. The summed E-state index contributed by atoms with van der Waals surface area (Å²) in [7, 11) is 0. The Morgan fingerprint density at radius 2 is 2.00 bits per heavy atom. The average molecular weight is 255 g/mol. The number of carboxylic acids is 1. The first-order valence-corrected chi connectivity index (χ1v) is 5.29. The topological polar surface area (TPSA) is 66.4 Å². The molecular weight excluding hydrogens is 244 g/mol. The van der Waals surface area contributed by atoms with Gasteiger partial charge in [-0.05, 0) is 25.1 Å². The van der Waals surface area contributed by atoms with Crippen LogP contribution in [0.4, 0.5) is 14.5 Å². The lowest BCUT2D eigenvalue weighted by molar-refractivity contribution is -0.123. The summed E-state index contributed by atoms with van der Waals surface area (Å²) >= 11 is 0. The van der Waals surface area contributed by atoms with E-state index in [4.69, 9.17) is 5.11 Å². The van der Waals surface area contributed by atoms with E-state index in [1.165, 1.54) is 31.2 Å². The van der Waals surface area contributed by atoms with E-state index in [1.54, 1.807) is 0 Å². The highest BCUT2D eigenvalue weighted by atomic mass is 19.3. The number of hydrogen-bond acceptors (Lipinski definition) is 2. The van der Waals surface area contributed by atoms with Crippen molar-refractivity contribution < 1.29 is 23.5 Å². The van der Waals surface area contributed by atoms with Crippen molar-refractivity contribution in [2.45, 2.75) is 19.3 Å². The van der Waals surface area contributed by atoms with Crippen molar-refractivity contribution in [3.05, 3.63) is 29.8 Å². The van der Waals surface area contributed by atoms with Gasteiger partial charge in [-0.2, -0.15) is 0 Å². The van der Waals surface area contributed by atoms with Gasteiger partial charge >= 0.3 is 5.97 Å². The molecule has 0 saturated heterocycles. The molecular formula is C12H11F2NO3. The first-order valence-electron chi connectivity index (χ1n) is 5.29. The van der Waals surface area contributed by atoms with Crippen LogP contribution in [0.25, 0.3) is 0 Å². The molecule has 1 aliphatic carbocycles. The van der Waals surface area contributed by atoms with Crippen molar-refractivity contribution in [1.29, 1.82) is 0 Å². The van der Waals surface area contributed by atoms with Gasteiger partial charge in [-0.3, -0.25) is 4.79 Å². The average Bonchev–Trinajstić information content (AvgIpc) is 2.80. The summed E-state index contributed by atoms with van der Waals surface area (Å²) in [6.45, 7) is 1.18. The van der Waals surface area contributed by atoms with Crippen LogP contribution >= 0.6 is 0 Å². The minimum absolute atomic E-state index is 0.0134. The van der Waals surface area contributed by atoms with E-state index in [1.807, 2.05) is 0 Å². The van der Waals surface area contributed by atoms with E-state index in [0.717, 1.165) is 0 Å². The summed E-state index contributed by atoms with van der Waals surface area (Å²) in [6, 6.07) is 5.47. The minimum Gasteiger partial charge on any atom is -0.478 e. The minimum atomic E-state index is -2.98. The van der Waals surface area contributed by atoms with Gasteiger partial charge in [-0.1, -0.05) is 6.07 Å². The number of hydrogen-bond donors (Lipinski definition) is 2. The number of nitrogens with one attached hydrogen (secondary N) is 1. The second kappa shape index (κ2) is 3.76. The Kier molecular flexibility index (Phi) is 2.61. The molecule has 1 aliphatic rings. The smallest absolute Gasteiger partial charge is 0.335 e. The van der Waals surface area contributed by atoms with E-state index in [9.17, 15) is 18.4 Å². The van der Waals surface area contributed by atoms with Crippen LogP contribution in [0.5, 0.6) is 0 Å².